The Morgan fingerprint density at radius 3 is 0.912 bits per heavy atom. The van der Waals surface area contributed by atoms with Gasteiger partial charge in [-0.2, -0.15) is 0 Å². The van der Waals surface area contributed by atoms with E-state index in [9.17, 15) is 0 Å². The van der Waals surface area contributed by atoms with Gasteiger partial charge in [0.15, 0.2) is 0 Å². The lowest BCUT2D eigenvalue weighted by Gasteiger charge is -2.58. The third-order valence-electron chi connectivity index (χ3n) is 13.8. The highest BCUT2D eigenvalue weighted by molar-refractivity contribution is 7.92. The molecule has 0 N–H and O–H groups in total. The first kappa shape index (κ1) is 41.8. The van der Waals surface area contributed by atoms with Crippen molar-refractivity contribution in [3.05, 3.63) is 176 Å². The van der Waals surface area contributed by atoms with Crippen molar-refractivity contribution in [3.63, 3.8) is 0 Å². The summed E-state index contributed by atoms with van der Waals surface area (Å²) in [5.41, 5.74) is 17.8. The van der Waals surface area contributed by atoms with E-state index >= 15 is 0 Å². The molecule has 0 saturated heterocycles. The largest absolute Gasteiger partial charge is 0.0613 e. The Kier molecular flexibility index (Phi) is 12.5. The molecule has 0 radical (unpaired) electrons. The SMILES string of the molecule is Cc1cccc(P(c2cccc(C)c2C)C2CCCCC2(P(c2cccc(C)c2C)c2cccc(C)c2C)P(c2cccc(C)c2C)c2cccc(C)c2C)c1C. The first-order valence-corrected chi connectivity index (χ1v) is 25.2. The quantitative estimate of drug-likeness (QED) is 0.128. The highest BCUT2D eigenvalue weighted by atomic mass is 31.2. The Labute approximate surface area is 349 Å². The molecule has 294 valence electrons. The van der Waals surface area contributed by atoms with Crippen LogP contribution in [0.15, 0.2) is 109 Å². The molecule has 0 aromatic heterocycles. The standard InChI is InChI=1S/C54H63P3/c1-35-21-15-27-47(41(35)7)55(48-28-16-22-36(2)42(48)8)53-33-13-14-34-54(53,56(49-29-17-23-37(3)43(49)9)50-30-18-24-38(4)44(50)10)57(51-31-19-25-39(5)45(51)11)52-32-20-26-40(6)46(52)12/h15-32,53H,13-14,33-34H2,1-12H3. The second-order valence-corrected chi connectivity index (χ2v) is 24.5. The lowest BCUT2D eigenvalue weighted by atomic mass is 9.98. The molecule has 0 spiro atoms. The van der Waals surface area contributed by atoms with Crippen LogP contribution >= 0.6 is 23.8 Å². The van der Waals surface area contributed by atoms with Gasteiger partial charge >= 0.3 is 0 Å². The van der Waals surface area contributed by atoms with Crippen molar-refractivity contribution >= 4 is 55.6 Å². The molecule has 0 heterocycles. The number of hydrogen-bond acceptors (Lipinski definition) is 0. The fraction of sp³-hybridized carbons (Fsp3) is 0.333. The summed E-state index contributed by atoms with van der Waals surface area (Å²) < 4.78 is 0. The first-order valence-electron chi connectivity index (χ1n) is 21.1. The van der Waals surface area contributed by atoms with Gasteiger partial charge in [-0.1, -0.05) is 122 Å². The van der Waals surface area contributed by atoms with Crippen molar-refractivity contribution in [1.29, 1.82) is 0 Å². The summed E-state index contributed by atoms with van der Waals surface area (Å²) in [5.74, 6) is 0. The van der Waals surface area contributed by atoms with Gasteiger partial charge in [-0.15, -0.1) is 0 Å². The molecular formula is C54H63P3. The summed E-state index contributed by atoms with van der Waals surface area (Å²) in [4.78, 5) is -0.0603. The zero-order chi connectivity index (χ0) is 40.8. The summed E-state index contributed by atoms with van der Waals surface area (Å²) in [7, 11) is -2.59. The van der Waals surface area contributed by atoms with Gasteiger partial charge in [-0.05, 0) is 218 Å². The van der Waals surface area contributed by atoms with Crippen LogP contribution in [0.4, 0.5) is 0 Å². The zero-order valence-corrected chi connectivity index (χ0v) is 39.3. The predicted octanol–water partition coefficient (Wildman–Crippen LogP) is 12.7. The van der Waals surface area contributed by atoms with Crippen LogP contribution in [-0.4, -0.2) is 10.6 Å². The van der Waals surface area contributed by atoms with E-state index in [0.717, 1.165) is 0 Å². The van der Waals surface area contributed by atoms with Crippen LogP contribution in [0.5, 0.6) is 0 Å². The van der Waals surface area contributed by atoms with E-state index in [1.165, 1.54) is 92.4 Å². The van der Waals surface area contributed by atoms with Crippen LogP contribution in [0.3, 0.4) is 0 Å². The van der Waals surface area contributed by atoms with Crippen molar-refractivity contribution in [2.24, 2.45) is 0 Å². The molecule has 7 rings (SSSR count). The normalized spacial score (nSPS) is 15.5. The molecule has 1 saturated carbocycles. The molecule has 57 heavy (non-hydrogen) atoms. The maximum atomic E-state index is 2.56. The van der Waals surface area contributed by atoms with E-state index in [1.54, 1.807) is 31.8 Å². The van der Waals surface area contributed by atoms with Crippen LogP contribution in [0.2, 0.25) is 0 Å². The fourth-order valence-corrected chi connectivity index (χ4v) is 23.3. The number of hydrogen-bond donors (Lipinski definition) is 0. The summed E-state index contributed by atoms with van der Waals surface area (Å²) in [6, 6.07) is 43.6. The Morgan fingerprint density at radius 2 is 0.614 bits per heavy atom. The molecule has 6 aromatic carbocycles. The molecule has 6 aromatic rings. The molecule has 0 amide bonds. The van der Waals surface area contributed by atoms with Gasteiger partial charge in [0.25, 0.3) is 0 Å². The van der Waals surface area contributed by atoms with Crippen molar-refractivity contribution in [2.45, 2.75) is 119 Å². The van der Waals surface area contributed by atoms with Gasteiger partial charge in [0, 0.05) is 10.6 Å². The summed E-state index contributed by atoms with van der Waals surface area (Å²) in [6.07, 6.45) is 4.97. The Hall–Kier alpha value is -3.39. The maximum Gasteiger partial charge on any atom is 0.0340 e. The predicted molar refractivity (Wildman–Crippen MR) is 259 cm³/mol. The highest BCUT2D eigenvalue weighted by Gasteiger charge is 2.57. The van der Waals surface area contributed by atoms with Crippen molar-refractivity contribution < 1.29 is 0 Å². The van der Waals surface area contributed by atoms with Gasteiger partial charge in [-0.3, -0.25) is 0 Å². The molecule has 1 fully saturated rings. The molecule has 1 atom stereocenters. The van der Waals surface area contributed by atoms with Crippen LogP contribution in [0, 0.1) is 83.1 Å². The second-order valence-electron chi connectivity index (χ2n) is 17.0. The molecule has 1 unspecified atom stereocenters. The van der Waals surface area contributed by atoms with Gasteiger partial charge in [0.05, 0.1) is 0 Å². The highest BCUT2D eigenvalue weighted by Crippen LogP contribution is 2.76. The number of aryl methyl sites for hydroxylation is 6. The topological polar surface area (TPSA) is 0 Å². The minimum Gasteiger partial charge on any atom is -0.0613 e. The Balaban J connectivity index is 1.75. The molecule has 1 aliphatic carbocycles. The van der Waals surface area contributed by atoms with Gasteiger partial charge < -0.3 is 0 Å². The van der Waals surface area contributed by atoms with Gasteiger partial charge in [0.2, 0.25) is 0 Å². The minimum atomic E-state index is -0.900. The van der Waals surface area contributed by atoms with Crippen LogP contribution in [0.25, 0.3) is 0 Å². The smallest absolute Gasteiger partial charge is 0.0340 e. The summed E-state index contributed by atoms with van der Waals surface area (Å²) in [6.45, 7) is 28.6. The van der Waals surface area contributed by atoms with Crippen molar-refractivity contribution in [2.75, 3.05) is 0 Å². The minimum absolute atomic E-state index is 0.0603. The first-order chi connectivity index (χ1) is 27.3. The molecule has 0 aliphatic heterocycles. The molecule has 0 nitrogen and oxygen atoms in total. The molecule has 0 bridgehead atoms. The zero-order valence-electron chi connectivity index (χ0n) is 36.6. The van der Waals surface area contributed by atoms with E-state index in [-0.39, 0.29) is 4.90 Å². The summed E-state index contributed by atoms with van der Waals surface area (Å²) >= 11 is 0. The van der Waals surface area contributed by atoms with Gasteiger partial charge in [-0.25, -0.2) is 0 Å². The molecule has 1 aliphatic rings. The van der Waals surface area contributed by atoms with E-state index in [1.807, 2.05) is 0 Å². The maximum absolute atomic E-state index is 2.56. The van der Waals surface area contributed by atoms with Crippen LogP contribution in [0.1, 0.15) is 92.4 Å². The van der Waals surface area contributed by atoms with E-state index in [2.05, 4.69) is 192 Å². The lowest BCUT2D eigenvalue weighted by Crippen LogP contribution is -2.52. The van der Waals surface area contributed by atoms with E-state index in [4.69, 9.17) is 0 Å². The second kappa shape index (κ2) is 17.1. The monoisotopic (exact) mass is 804 g/mol. The number of benzene rings is 6. The Morgan fingerprint density at radius 1 is 0.351 bits per heavy atom. The fourth-order valence-electron chi connectivity index (χ4n) is 9.54. The van der Waals surface area contributed by atoms with Crippen LogP contribution < -0.4 is 31.8 Å². The third kappa shape index (κ3) is 7.44. The average Bonchev–Trinajstić information content (AvgIpc) is 3.19. The van der Waals surface area contributed by atoms with E-state index < -0.39 is 23.8 Å². The molecule has 3 heteroatoms. The molecular weight excluding hydrogens is 742 g/mol. The van der Waals surface area contributed by atoms with E-state index in [0.29, 0.717) is 5.66 Å². The lowest BCUT2D eigenvalue weighted by molar-refractivity contribution is 0.492. The third-order valence-corrected chi connectivity index (χ3v) is 25.3. The van der Waals surface area contributed by atoms with Crippen molar-refractivity contribution in [1.82, 2.24) is 0 Å². The number of rotatable bonds is 9. The average molecular weight is 805 g/mol. The Bertz CT molecular complexity index is 2170. The van der Waals surface area contributed by atoms with Gasteiger partial charge in [0.1, 0.15) is 0 Å². The van der Waals surface area contributed by atoms with Crippen LogP contribution in [-0.2, 0) is 0 Å². The summed E-state index contributed by atoms with van der Waals surface area (Å²) in [5, 5.41) is 9.53. The van der Waals surface area contributed by atoms with Crippen molar-refractivity contribution in [3.8, 4) is 0 Å².